The largest absolute Gasteiger partial charge is 0.375 e. The van der Waals surface area contributed by atoms with Gasteiger partial charge in [-0.3, -0.25) is 19.6 Å². The van der Waals surface area contributed by atoms with Crippen LogP contribution >= 0.6 is 0 Å². The highest BCUT2D eigenvalue weighted by Gasteiger charge is 2.54. The zero-order valence-corrected chi connectivity index (χ0v) is 20.0. The van der Waals surface area contributed by atoms with Crippen molar-refractivity contribution in [3.63, 3.8) is 0 Å². The van der Waals surface area contributed by atoms with E-state index in [0.29, 0.717) is 31.0 Å². The van der Waals surface area contributed by atoms with Crippen molar-refractivity contribution >= 4 is 11.8 Å². The number of aryl methyl sites for hydroxylation is 1. The second-order valence-corrected chi connectivity index (χ2v) is 9.15. The van der Waals surface area contributed by atoms with E-state index < -0.39 is 0 Å². The fourth-order valence-corrected chi connectivity index (χ4v) is 5.50. The Balaban J connectivity index is 1.42. The minimum atomic E-state index is -0.296. The molecule has 2 amide bonds. The molecule has 1 N–H and O–H groups in total. The molecule has 35 heavy (non-hydrogen) atoms. The first-order valence-corrected chi connectivity index (χ1v) is 12.0. The van der Waals surface area contributed by atoms with Crippen LogP contribution in [0.2, 0.25) is 0 Å². The molecule has 1 aliphatic heterocycles. The summed E-state index contributed by atoms with van der Waals surface area (Å²) < 4.78 is 6.37. The molecular weight excluding hydrogens is 442 g/mol. The molecule has 3 heterocycles. The van der Waals surface area contributed by atoms with Crippen LogP contribution in [0.4, 0.5) is 0 Å². The van der Waals surface area contributed by atoms with Crippen molar-refractivity contribution in [3.05, 3.63) is 89.3 Å². The van der Waals surface area contributed by atoms with Crippen LogP contribution < -0.4 is 5.32 Å². The maximum atomic E-state index is 13.1. The highest BCUT2D eigenvalue weighted by molar-refractivity contribution is 5.94. The molecule has 180 valence electrons. The lowest BCUT2D eigenvalue weighted by molar-refractivity contribution is -0.0306. The van der Waals surface area contributed by atoms with Crippen LogP contribution in [0.5, 0.6) is 0 Å². The molecular formula is C27H29N5O3. The molecule has 0 unspecified atom stereocenters. The lowest BCUT2D eigenvalue weighted by Crippen LogP contribution is -2.52. The molecule has 0 bridgehead atoms. The molecule has 1 aliphatic carbocycles. The van der Waals surface area contributed by atoms with Gasteiger partial charge in [-0.15, -0.1) is 0 Å². The molecule has 0 saturated carbocycles. The summed E-state index contributed by atoms with van der Waals surface area (Å²) >= 11 is 0. The Labute approximate surface area is 204 Å². The molecule has 5 rings (SSSR count). The number of nitrogens with zero attached hydrogens (tertiary/aromatic N) is 4. The van der Waals surface area contributed by atoms with Gasteiger partial charge >= 0.3 is 0 Å². The number of hydrogen-bond donors (Lipinski definition) is 1. The summed E-state index contributed by atoms with van der Waals surface area (Å²) in [5, 5.41) is 3.22. The molecule has 2 atom stereocenters. The number of hydrogen-bond acceptors (Lipinski definition) is 6. The zero-order valence-electron chi connectivity index (χ0n) is 20.0. The first-order chi connectivity index (χ1) is 17.0. The van der Waals surface area contributed by atoms with Gasteiger partial charge in [0.1, 0.15) is 5.69 Å². The van der Waals surface area contributed by atoms with Gasteiger partial charge in [-0.1, -0.05) is 24.3 Å². The number of rotatable bonds is 5. The molecule has 1 fully saturated rings. The van der Waals surface area contributed by atoms with E-state index in [4.69, 9.17) is 4.74 Å². The fourth-order valence-electron chi connectivity index (χ4n) is 5.50. The highest BCUT2D eigenvalue weighted by Crippen LogP contribution is 2.52. The minimum Gasteiger partial charge on any atom is -0.375 e. The van der Waals surface area contributed by atoms with Crippen molar-refractivity contribution in [2.75, 3.05) is 19.7 Å². The Morgan fingerprint density at radius 2 is 1.89 bits per heavy atom. The minimum absolute atomic E-state index is 0.104. The van der Waals surface area contributed by atoms with Gasteiger partial charge in [0.2, 0.25) is 0 Å². The van der Waals surface area contributed by atoms with Crippen LogP contribution in [-0.4, -0.2) is 57.5 Å². The quantitative estimate of drug-likeness (QED) is 0.614. The second-order valence-electron chi connectivity index (χ2n) is 9.15. The summed E-state index contributed by atoms with van der Waals surface area (Å²) in [6.45, 7) is 5.51. The average Bonchev–Trinajstić information content (AvgIpc) is 3.14. The smallest absolute Gasteiger partial charge is 0.274 e. The Morgan fingerprint density at radius 3 is 2.57 bits per heavy atom. The standard InChI is InChI=1S/C27H29N5O3/c1-3-35-24-23(31-25(33)19-7-6-12-28-16-19)20-8-4-5-9-21(20)27(24)10-13-32(14-11-27)26(34)22-17-29-18(2)15-30-22/h4-9,12,15-17,23-24H,3,10-11,13-14H2,1-2H3,(H,31,33)/t23-,24+/m1/s1. The van der Waals surface area contributed by atoms with Crippen LogP contribution in [0.1, 0.15) is 63.5 Å². The topological polar surface area (TPSA) is 97.3 Å². The SMILES string of the molecule is CCO[C@H]1[C@H](NC(=O)c2cccnc2)c2ccccc2C12CCN(C(=O)c1cnc(C)cn1)CC2. The summed E-state index contributed by atoms with van der Waals surface area (Å²) in [5.41, 5.74) is 3.63. The predicted molar refractivity (Wildman–Crippen MR) is 130 cm³/mol. The third kappa shape index (κ3) is 4.18. The second kappa shape index (κ2) is 9.54. The number of amides is 2. The van der Waals surface area contributed by atoms with Crippen molar-refractivity contribution in [3.8, 4) is 0 Å². The number of pyridine rings is 1. The number of likely N-dealkylation sites (tertiary alicyclic amines) is 1. The number of fused-ring (bicyclic) bond motifs is 2. The highest BCUT2D eigenvalue weighted by atomic mass is 16.5. The number of carbonyl (C=O) groups excluding carboxylic acids is 2. The van der Waals surface area contributed by atoms with E-state index in [1.54, 1.807) is 36.9 Å². The Hall–Kier alpha value is -3.65. The molecule has 1 spiro atoms. The monoisotopic (exact) mass is 471 g/mol. The lowest BCUT2D eigenvalue weighted by Gasteiger charge is -2.44. The molecule has 8 nitrogen and oxygen atoms in total. The number of piperidine rings is 1. The third-order valence-corrected chi connectivity index (χ3v) is 7.18. The number of benzene rings is 1. The molecule has 1 saturated heterocycles. The lowest BCUT2D eigenvalue weighted by atomic mass is 9.71. The van der Waals surface area contributed by atoms with Gasteiger partial charge in [-0.2, -0.15) is 0 Å². The summed E-state index contributed by atoms with van der Waals surface area (Å²) in [5.74, 6) is -0.279. The fraction of sp³-hybridized carbons (Fsp3) is 0.370. The first kappa shape index (κ1) is 23.1. The van der Waals surface area contributed by atoms with E-state index in [1.165, 1.54) is 5.56 Å². The molecule has 3 aromatic rings. The van der Waals surface area contributed by atoms with Crippen LogP contribution in [0.3, 0.4) is 0 Å². The Bertz CT molecular complexity index is 1210. The van der Waals surface area contributed by atoms with Gasteiger partial charge in [-0.05, 0) is 49.9 Å². The zero-order chi connectivity index (χ0) is 24.4. The number of carbonyl (C=O) groups is 2. The molecule has 2 aliphatic rings. The van der Waals surface area contributed by atoms with Gasteiger partial charge in [0.15, 0.2) is 0 Å². The first-order valence-electron chi connectivity index (χ1n) is 12.0. The van der Waals surface area contributed by atoms with E-state index in [1.807, 2.05) is 30.9 Å². The predicted octanol–water partition coefficient (Wildman–Crippen LogP) is 3.24. The maximum Gasteiger partial charge on any atom is 0.274 e. The van der Waals surface area contributed by atoms with Gasteiger partial charge in [0.05, 0.1) is 29.6 Å². The van der Waals surface area contributed by atoms with Gasteiger partial charge in [0, 0.05) is 43.7 Å². The van der Waals surface area contributed by atoms with Gasteiger partial charge in [-0.25, -0.2) is 4.98 Å². The van der Waals surface area contributed by atoms with Crippen LogP contribution in [-0.2, 0) is 10.2 Å². The van der Waals surface area contributed by atoms with E-state index >= 15 is 0 Å². The van der Waals surface area contributed by atoms with Crippen molar-refractivity contribution in [2.45, 2.75) is 44.2 Å². The summed E-state index contributed by atoms with van der Waals surface area (Å²) in [6, 6.07) is 11.5. The molecule has 1 aromatic carbocycles. The van der Waals surface area contributed by atoms with Crippen molar-refractivity contribution in [1.82, 2.24) is 25.2 Å². The summed E-state index contributed by atoms with van der Waals surface area (Å²) in [4.78, 5) is 40.6. The van der Waals surface area contributed by atoms with Gasteiger partial charge in [0.25, 0.3) is 11.8 Å². The van der Waals surface area contributed by atoms with Crippen LogP contribution in [0.15, 0.2) is 61.2 Å². The van der Waals surface area contributed by atoms with Crippen LogP contribution in [0, 0.1) is 6.92 Å². The van der Waals surface area contributed by atoms with Crippen molar-refractivity contribution in [1.29, 1.82) is 0 Å². The Kier molecular flexibility index (Phi) is 6.30. The van der Waals surface area contributed by atoms with Crippen molar-refractivity contribution in [2.24, 2.45) is 0 Å². The van der Waals surface area contributed by atoms with Gasteiger partial charge < -0.3 is 15.0 Å². The molecule has 2 aromatic heterocycles. The maximum absolute atomic E-state index is 13.1. The van der Waals surface area contributed by atoms with Crippen molar-refractivity contribution < 1.29 is 14.3 Å². The van der Waals surface area contributed by atoms with E-state index in [9.17, 15) is 9.59 Å². The summed E-state index contributed by atoms with van der Waals surface area (Å²) in [6.07, 6.45) is 7.61. The third-order valence-electron chi connectivity index (χ3n) is 7.18. The molecule has 8 heteroatoms. The summed E-state index contributed by atoms with van der Waals surface area (Å²) in [7, 11) is 0. The number of ether oxygens (including phenoxy) is 1. The van der Waals surface area contributed by atoms with E-state index in [2.05, 4.69) is 32.4 Å². The van der Waals surface area contributed by atoms with E-state index in [-0.39, 0.29) is 29.4 Å². The Morgan fingerprint density at radius 1 is 1.09 bits per heavy atom. The normalized spacial score (nSPS) is 20.5. The number of nitrogens with one attached hydrogen (secondary N) is 1. The molecule has 0 radical (unpaired) electrons. The number of aromatic nitrogens is 3. The average molecular weight is 472 g/mol. The van der Waals surface area contributed by atoms with Crippen LogP contribution in [0.25, 0.3) is 0 Å². The van der Waals surface area contributed by atoms with E-state index in [0.717, 1.165) is 24.1 Å².